The number of nitrogen functional groups attached to an aromatic ring is 1. The maximum absolute atomic E-state index is 10.9. The molecule has 0 saturated heterocycles. The monoisotopic (exact) mass is 271 g/mol. The molecule has 2 aromatic rings. The van der Waals surface area contributed by atoms with Crippen LogP contribution in [0.2, 0.25) is 0 Å². The first-order chi connectivity index (χ1) is 9.51. The second-order valence-electron chi connectivity index (χ2n) is 3.87. The summed E-state index contributed by atoms with van der Waals surface area (Å²) in [6, 6.07) is 6.71. The van der Waals surface area contributed by atoms with Gasteiger partial charge in [-0.3, -0.25) is 10.1 Å². The van der Waals surface area contributed by atoms with Gasteiger partial charge in [0.25, 0.3) is 0 Å². The third-order valence-electron chi connectivity index (χ3n) is 2.47. The van der Waals surface area contributed by atoms with Gasteiger partial charge in [0.05, 0.1) is 16.6 Å². The number of hydrogen-bond donors (Lipinski definition) is 1. The predicted octanol–water partition coefficient (Wildman–Crippen LogP) is 1.94. The van der Waals surface area contributed by atoms with E-state index in [4.69, 9.17) is 15.7 Å². The number of nitriles is 1. The maximum atomic E-state index is 10.9. The molecule has 8 heteroatoms. The fraction of sp³-hybridized carbons (Fsp3) is 0.0833. The minimum atomic E-state index is -0.668. The number of aromatic nitrogens is 2. The van der Waals surface area contributed by atoms with E-state index in [0.29, 0.717) is 16.9 Å². The van der Waals surface area contributed by atoms with E-state index in [1.165, 1.54) is 6.07 Å². The molecule has 2 N–H and O–H groups in total. The third-order valence-corrected chi connectivity index (χ3v) is 2.47. The molecule has 0 aliphatic rings. The van der Waals surface area contributed by atoms with Crippen molar-refractivity contribution >= 4 is 11.6 Å². The Morgan fingerprint density at radius 3 is 2.90 bits per heavy atom. The summed E-state index contributed by atoms with van der Waals surface area (Å²) in [5.74, 6) is -0.106. The minimum absolute atomic E-state index is 0.139. The number of hydrogen-bond acceptors (Lipinski definition) is 7. The summed E-state index contributed by atoms with van der Waals surface area (Å²) in [6.45, 7) is 1.74. The first-order valence-electron chi connectivity index (χ1n) is 5.47. The Bertz CT molecular complexity index is 724. The van der Waals surface area contributed by atoms with Gasteiger partial charge in [-0.15, -0.1) is 0 Å². The maximum Gasteiger partial charge on any atom is 0.349 e. The Kier molecular flexibility index (Phi) is 3.43. The van der Waals surface area contributed by atoms with Gasteiger partial charge in [0, 0.05) is 0 Å². The van der Waals surface area contributed by atoms with Crippen molar-refractivity contribution in [2.45, 2.75) is 6.92 Å². The number of nitrogens with zero attached hydrogens (tertiary/aromatic N) is 4. The molecule has 0 amide bonds. The molecule has 0 saturated carbocycles. The van der Waals surface area contributed by atoms with Crippen LogP contribution in [-0.4, -0.2) is 14.9 Å². The average molecular weight is 271 g/mol. The number of ether oxygens (including phenoxy) is 1. The van der Waals surface area contributed by atoms with E-state index in [9.17, 15) is 10.1 Å². The van der Waals surface area contributed by atoms with Gasteiger partial charge in [-0.1, -0.05) is 6.07 Å². The van der Waals surface area contributed by atoms with Crippen LogP contribution >= 0.6 is 0 Å². The second kappa shape index (κ2) is 5.19. The van der Waals surface area contributed by atoms with E-state index >= 15 is 0 Å². The topological polar surface area (TPSA) is 128 Å². The number of aryl methyl sites for hydroxylation is 1. The molecular weight excluding hydrogens is 262 g/mol. The average Bonchev–Trinajstić information content (AvgIpc) is 2.41. The summed E-state index contributed by atoms with van der Waals surface area (Å²) in [5, 5.41) is 19.7. The van der Waals surface area contributed by atoms with E-state index in [1.807, 2.05) is 6.07 Å². The van der Waals surface area contributed by atoms with Crippen LogP contribution in [0, 0.1) is 28.4 Å². The highest BCUT2D eigenvalue weighted by Crippen LogP contribution is 2.31. The van der Waals surface area contributed by atoms with Crippen LogP contribution < -0.4 is 10.5 Å². The van der Waals surface area contributed by atoms with Crippen molar-refractivity contribution in [1.29, 1.82) is 5.26 Å². The Hall–Kier alpha value is -3.21. The zero-order valence-corrected chi connectivity index (χ0v) is 10.4. The van der Waals surface area contributed by atoms with Gasteiger partial charge >= 0.3 is 11.6 Å². The normalized spacial score (nSPS) is 9.80. The lowest BCUT2D eigenvalue weighted by molar-refractivity contribution is -0.386. The molecule has 2 rings (SSSR count). The number of anilines is 1. The molecule has 0 aliphatic carbocycles. The molecule has 0 unspecified atom stereocenters. The van der Waals surface area contributed by atoms with Crippen LogP contribution in [0.3, 0.4) is 0 Å². The molecule has 1 aromatic heterocycles. The molecule has 0 fully saturated rings. The van der Waals surface area contributed by atoms with Crippen LogP contribution in [0.5, 0.6) is 11.6 Å². The molecule has 100 valence electrons. The number of nitro groups is 1. The third kappa shape index (κ3) is 2.62. The quantitative estimate of drug-likeness (QED) is 0.667. The predicted molar refractivity (Wildman–Crippen MR) is 69.1 cm³/mol. The van der Waals surface area contributed by atoms with Crippen molar-refractivity contribution in [3.63, 3.8) is 0 Å². The van der Waals surface area contributed by atoms with Gasteiger partial charge in [-0.05, 0) is 24.6 Å². The van der Waals surface area contributed by atoms with Crippen LogP contribution in [0.15, 0.2) is 24.4 Å². The van der Waals surface area contributed by atoms with Crippen LogP contribution in [0.1, 0.15) is 11.1 Å². The molecule has 0 aliphatic heterocycles. The molecule has 0 radical (unpaired) electrons. The van der Waals surface area contributed by atoms with Crippen LogP contribution in [-0.2, 0) is 0 Å². The summed E-state index contributed by atoms with van der Waals surface area (Å²) in [4.78, 5) is 17.5. The Morgan fingerprint density at radius 1 is 1.50 bits per heavy atom. The molecular formula is C12H9N5O3. The van der Waals surface area contributed by atoms with Crippen LogP contribution in [0.25, 0.3) is 0 Å². The van der Waals surface area contributed by atoms with Crippen molar-refractivity contribution in [3.05, 3.63) is 45.6 Å². The van der Waals surface area contributed by atoms with Gasteiger partial charge in [-0.2, -0.15) is 10.2 Å². The van der Waals surface area contributed by atoms with Crippen molar-refractivity contribution in [2.24, 2.45) is 0 Å². The largest absolute Gasteiger partial charge is 0.433 e. The Labute approximate surface area is 113 Å². The fourth-order valence-electron chi connectivity index (χ4n) is 1.46. The molecule has 0 atom stereocenters. The zero-order chi connectivity index (χ0) is 14.7. The highest BCUT2D eigenvalue weighted by Gasteiger charge is 2.19. The first-order valence-corrected chi connectivity index (χ1v) is 5.47. The smallest absolute Gasteiger partial charge is 0.349 e. The number of nitrogens with two attached hydrogens (primary N) is 1. The van der Waals surface area contributed by atoms with Crippen molar-refractivity contribution in [2.75, 3.05) is 5.73 Å². The molecule has 1 aromatic carbocycles. The Balaban J connectivity index is 2.47. The molecule has 0 bridgehead atoms. The molecule has 20 heavy (non-hydrogen) atoms. The second-order valence-corrected chi connectivity index (χ2v) is 3.87. The van der Waals surface area contributed by atoms with Gasteiger partial charge in [0.2, 0.25) is 5.95 Å². The number of benzene rings is 1. The van der Waals surface area contributed by atoms with E-state index in [-0.39, 0.29) is 11.8 Å². The zero-order valence-electron chi connectivity index (χ0n) is 10.4. The summed E-state index contributed by atoms with van der Waals surface area (Å²) < 4.78 is 5.40. The SMILES string of the molecule is Cc1ccc(C#N)cc1Oc1nc(N)ncc1[N+](=O)[O-]. The Morgan fingerprint density at radius 2 is 2.25 bits per heavy atom. The minimum Gasteiger partial charge on any atom is -0.433 e. The fourth-order valence-corrected chi connectivity index (χ4v) is 1.46. The van der Waals surface area contributed by atoms with Gasteiger partial charge in [0.1, 0.15) is 11.9 Å². The van der Waals surface area contributed by atoms with Gasteiger partial charge in [-0.25, -0.2) is 4.98 Å². The van der Waals surface area contributed by atoms with E-state index in [2.05, 4.69) is 9.97 Å². The summed E-state index contributed by atoms with van der Waals surface area (Å²) >= 11 is 0. The lowest BCUT2D eigenvalue weighted by Gasteiger charge is -2.08. The summed E-state index contributed by atoms with van der Waals surface area (Å²) in [5.41, 5.74) is 6.07. The van der Waals surface area contributed by atoms with E-state index < -0.39 is 10.6 Å². The lowest BCUT2D eigenvalue weighted by Crippen LogP contribution is -2.02. The molecule has 8 nitrogen and oxygen atoms in total. The first kappa shape index (κ1) is 13.2. The van der Waals surface area contributed by atoms with Gasteiger partial charge in [0.15, 0.2) is 0 Å². The molecule has 0 spiro atoms. The van der Waals surface area contributed by atoms with Crippen LogP contribution in [0.4, 0.5) is 11.6 Å². The van der Waals surface area contributed by atoms with Gasteiger partial charge < -0.3 is 10.5 Å². The van der Waals surface area contributed by atoms with Crippen molar-refractivity contribution in [1.82, 2.24) is 9.97 Å². The lowest BCUT2D eigenvalue weighted by atomic mass is 10.1. The number of rotatable bonds is 3. The van der Waals surface area contributed by atoms with Crippen molar-refractivity contribution in [3.8, 4) is 17.7 Å². The standard InChI is InChI=1S/C12H9N5O3/c1-7-2-3-8(5-13)4-10(7)20-11-9(17(18)19)6-15-12(14)16-11/h2-4,6H,1H3,(H2,14,15,16). The van der Waals surface area contributed by atoms with E-state index in [1.54, 1.807) is 19.1 Å². The van der Waals surface area contributed by atoms with Crippen molar-refractivity contribution < 1.29 is 9.66 Å². The summed E-state index contributed by atoms with van der Waals surface area (Å²) in [7, 11) is 0. The highest BCUT2D eigenvalue weighted by atomic mass is 16.6. The van der Waals surface area contributed by atoms with E-state index in [0.717, 1.165) is 6.20 Å². The summed E-state index contributed by atoms with van der Waals surface area (Å²) in [6.07, 6.45) is 0.973. The highest BCUT2D eigenvalue weighted by molar-refractivity contribution is 5.48. The molecule has 1 heterocycles.